The van der Waals surface area contributed by atoms with Crippen LogP contribution in [0, 0.1) is 11.8 Å². The lowest BCUT2D eigenvalue weighted by Gasteiger charge is -2.21. The molecule has 5 nitrogen and oxygen atoms in total. The Bertz CT molecular complexity index is 633. The monoisotopic (exact) mass is 315 g/mol. The Morgan fingerprint density at radius 2 is 2.10 bits per heavy atom. The number of nitrogens with one attached hydrogen (secondary N) is 1. The molecule has 20 heavy (non-hydrogen) atoms. The standard InChI is InChI=1S/C13H18ClN3O2S/c1-10(2)17(3)20(18,19)16-12-6-7-13(14)11(9-12)5-4-8-15/h6-7,9-10,16H,8,15H2,1-3H3. The quantitative estimate of drug-likeness (QED) is 0.830. The smallest absolute Gasteiger partial charge is 0.301 e. The van der Waals surface area contributed by atoms with Crippen molar-refractivity contribution in [1.82, 2.24) is 4.31 Å². The van der Waals surface area contributed by atoms with E-state index in [0.717, 1.165) is 0 Å². The van der Waals surface area contributed by atoms with E-state index in [0.29, 0.717) is 16.3 Å². The van der Waals surface area contributed by atoms with Crippen LogP contribution in [0.15, 0.2) is 18.2 Å². The lowest BCUT2D eigenvalue weighted by molar-refractivity contribution is 0.414. The van der Waals surface area contributed by atoms with Gasteiger partial charge >= 0.3 is 10.2 Å². The Morgan fingerprint density at radius 1 is 1.45 bits per heavy atom. The van der Waals surface area contributed by atoms with E-state index in [9.17, 15) is 8.42 Å². The van der Waals surface area contributed by atoms with E-state index < -0.39 is 10.2 Å². The molecule has 0 heterocycles. The van der Waals surface area contributed by atoms with Crippen molar-refractivity contribution < 1.29 is 8.42 Å². The minimum absolute atomic E-state index is 0.142. The molecule has 1 aromatic carbocycles. The second-order valence-corrected chi connectivity index (χ2v) is 6.56. The zero-order chi connectivity index (χ0) is 15.3. The van der Waals surface area contributed by atoms with Gasteiger partial charge in [0.1, 0.15) is 0 Å². The molecule has 0 fully saturated rings. The van der Waals surface area contributed by atoms with Crippen molar-refractivity contribution in [1.29, 1.82) is 0 Å². The van der Waals surface area contributed by atoms with E-state index in [2.05, 4.69) is 16.6 Å². The highest BCUT2D eigenvalue weighted by atomic mass is 35.5. The molecule has 0 unspecified atom stereocenters. The fourth-order valence-corrected chi connectivity index (χ4v) is 2.62. The number of rotatable bonds is 4. The molecular formula is C13H18ClN3O2S. The molecule has 0 aliphatic carbocycles. The summed E-state index contributed by atoms with van der Waals surface area (Å²) in [6.45, 7) is 3.79. The summed E-state index contributed by atoms with van der Waals surface area (Å²) in [4.78, 5) is 0. The third kappa shape index (κ3) is 4.39. The zero-order valence-corrected chi connectivity index (χ0v) is 13.2. The van der Waals surface area contributed by atoms with Crippen LogP contribution in [0.25, 0.3) is 0 Å². The van der Waals surface area contributed by atoms with Gasteiger partial charge in [0.15, 0.2) is 0 Å². The van der Waals surface area contributed by atoms with Gasteiger partial charge < -0.3 is 5.73 Å². The van der Waals surface area contributed by atoms with E-state index in [1.54, 1.807) is 32.0 Å². The summed E-state index contributed by atoms with van der Waals surface area (Å²) >= 11 is 5.99. The van der Waals surface area contributed by atoms with Crippen LogP contribution < -0.4 is 10.5 Å². The Hall–Kier alpha value is -1.26. The van der Waals surface area contributed by atoms with Crippen molar-refractivity contribution in [2.45, 2.75) is 19.9 Å². The first kappa shape index (κ1) is 16.8. The molecule has 0 radical (unpaired) electrons. The summed E-state index contributed by atoms with van der Waals surface area (Å²) in [5.74, 6) is 5.48. The van der Waals surface area contributed by atoms with E-state index in [1.165, 1.54) is 11.4 Å². The van der Waals surface area contributed by atoms with Crippen LogP contribution in [0.3, 0.4) is 0 Å². The molecule has 0 spiro atoms. The van der Waals surface area contributed by atoms with Crippen LogP contribution in [0.1, 0.15) is 19.4 Å². The number of benzene rings is 1. The van der Waals surface area contributed by atoms with Crippen LogP contribution >= 0.6 is 11.6 Å². The Morgan fingerprint density at radius 3 is 2.65 bits per heavy atom. The summed E-state index contributed by atoms with van der Waals surface area (Å²) in [6, 6.07) is 4.62. The largest absolute Gasteiger partial charge is 0.320 e. The number of anilines is 1. The summed E-state index contributed by atoms with van der Waals surface area (Å²) in [7, 11) is -2.08. The van der Waals surface area contributed by atoms with Crippen LogP contribution in [-0.4, -0.2) is 32.4 Å². The van der Waals surface area contributed by atoms with Crippen molar-refractivity contribution >= 4 is 27.5 Å². The maximum atomic E-state index is 12.1. The predicted octanol–water partition coefficient (Wildman–Crippen LogP) is 1.65. The molecule has 0 aliphatic heterocycles. The lowest BCUT2D eigenvalue weighted by atomic mass is 10.2. The second-order valence-electron chi connectivity index (χ2n) is 4.42. The number of halogens is 1. The van der Waals surface area contributed by atoms with Gasteiger partial charge in [-0.05, 0) is 32.0 Å². The molecule has 0 saturated carbocycles. The van der Waals surface area contributed by atoms with Crippen LogP contribution in [0.4, 0.5) is 5.69 Å². The number of hydrogen-bond donors (Lipinski definition) is 2. The molecule has 0 atom stereocenters. The topological polar surface area (TPSA) is 75.4 Å². The van der Waals surface area contributed by atoms with E-state index in [4.69, 9.17) is 17.3 Å². The molecule has 1 aromatic rings. The van der Waals surface area contributed by atoms with Gasteiger partial charge in [0.05, 0.1) is 17.3 Å². The summed E-state index contributed by atoms with van der Waals surface area (Å²) in [5.41, 5.74) is 6.24. The first-order chi connectivity index (χ1) is 9.27. The fraction of sp³-hybridized carbons (Fsp3) is 0.385. The number of nitrogens with two attached hydrogens (primary N) is 1. The van der Waals surface area contributed by atoms with Crippen LogP contribution in [0.5, 0.6) is 0 Å². The molecule has 0 aliphatic rings. The van der Waals surface area contributed by atoms with Gasteiger partial charge in [-0.1, -0.05) is 23.4 Å². The minimum Gasteiger partial charge on any atom is -0.320 e. The Kier molecular flexibility index (Phi) is 5.84. The van der Waals surface area contributed by atoms with Crippen molar-refractivity contribution in [3.63, 3.8) is 0 Å². The Balaban J connectivity index is 3.05. The molecule has 3 N–H and O–H groups in total. The molecule has 0 saturated heterocycles. The highest BCUT2D eigenvalue weighted by Gasteiger charge is 2.20. The van der Waals surface area contributed by atoms with Gasteiger partial charge in [-0.2, -0.15) is 12.7 Å². The van der Waals surface area contributed by atoms with E-state index in [1.807, 2.05) is 0 Å². The third-order valence-corrected chi connectivity index (χ3v) is 4.65. The zero-order valence-electron chi connectivity index (χ0n) is 11.6. The van der Waals surface area contributed by atoms with Crippen molar-refractivity contribution in [3.05, 3.63) is 28.8 Å². The summed E-state index contributed by atoms with van der Waals surface area (Å²) in [6.07, 6.45) is 0. The average molecular weight is 316 g/mol. The molecule has 0 amide bonds. The maximum Gasteiger partial charge on any atom is 0.301 e. The molecule has 0 bridgehead atoms. The lowest BCUT2D eigenvalue weighted by Crippen LogP contribution is -2.37. The maximum absolute atomic E-state index is 12.1. The highest BCUT2D eigenvalue weighted by molar-refractivity contribution is 7.90. The fourth-order valence-electron chi connectivity index (χ4n) is 1.33. The van der Waals surface area contributed by atoms with Gasteiger partial charge in [-0.3, -0.25) is 4.72 Å². The first-order valence-corrected chi connectivity index (χ1v) is 7.84. The van der Waals surface area contributed by atoms with Gasteiger partial charge in [-0.25, -0.2) is 0 Å². The normalized spacial score (nSPS) is 11.3. The molecule has 7 heteroatoms. The van der Waals surface area contributed by atoms with Gasteiger partial charge in [-0.15, -0.1) is 0 Å². The minimum atomic E-state index is -3.60. The van der Waals surface area contributed by atoms with Crippen molar-refractivity contribution in [2.75, 3.05) is 18.3 Å². The van der Waals surface area contributed by atoms with E-state index >= 15 is 0 Å². The molecule has 1 rings (SSSR count). The summed E-state index contributed by atoms with van der Waals surface area (Å²) in [5, 5.41) is 0.450. The van der Waals surface area contributed by atoms with Crippen molar-refractivity contribution in [3.8, 4) is 11.8 Å². The molecule has 110 valence electrons. The van der Waals surface area contributed by atoms with Gasteiger partial charge in [0, 0.05) is 18.7 Å². The van der Waals surface area contributed by atoms with E-state index in [-0.39, 0.29) is 12.6 Å². The highest BCUT2D eigenvalue weighted by Crippen LogP contribution is 2.21. The SMILES string of the molecule is CC(C)N(C)S(=O)(=O)Nc1ccc(Cl)c(C#CCN)c1. The second kappa shape index (κ2) is 6.95. The van der Waals surface area contributed by atoms with Crippen LogP contribution in [0.2, 0.25) is 5.02 Å². The number of hydrogen-bond acceptors (Lipinski definition) is 3. The summed E-state index contributed by atoms with van der Waals surface area (Å²) < 4.78 is 27.9. The molecular weight excluding hydrogens is 298 g/mol. The van der Waals surface area contributed by atoms with Crippen molar-refractivity contribution in [2.24, 2.45) is 5.73 Å². The third-order valence-electron chi connectivity index (χ3n) is 2.64. The van der Waals surface area contributed by atoms with Gasteiger partial charge in [0.2, 0.25) is 0 Å². The molecule has 0 aromatic heterocycles. The van der Waals surface area contributed by atoms with Gasteiger partial charge in [0.25, 0.3) is 0 Å². The predicted molar refractivity (Wildman–Crippen MR) is 82.8 cm³/mol. The van der Waals surface area contributed by atoms with Crippen LogP contribution in [-0.2, 0) is 10.2 Å². The number of nitrogens with zero attached hydrogens (tertiary/aromatic N) is 1. The Labute approximate surface area is 125 Å². The first-order valence-electron chi connectivity index (χ1n) is 6.02. The average Bonchev–Trinajstić information content (AvgIpc) is 2.38.